The normalized spacial score (nSPS) is 27.9. The number of nitrogens with two attached hydrogens (primary N) is 1. The summed E-state index contributed by atoms with van der Waals surface area (Å²) >= 11 is 0. The van der Waals surface area contributed by atoms with E-state index in [4.69, 9.17) is 10.5 Å². The number of amides is 1. The minimum absolute atomic E-state index is 0.0325. The van der Waals surface area contributed by atoms with Crippen LogP contribution in [0.4, 0.5) is 4.79 Å². The van der Waals surface area contributed by atoms with E-state index in [0.29, 0.717) is 19.3 Å². The van der Waals surface area contributed by atoms with Gasteiger partial charge in [0.2, 0.25) is 0 Å². The highest BCUT2D eigenvalue weighted by Crippen LogP contribution is 2.32. The zero-order chi connectivity index (χ0) is 14.0. The summed E-state index contributed by atoms with van der Waals surface area (Å²) in [6, 6.07) is 0. The zero-order valence-electron chi connectivity index (χ0n) is 11.7. The predicted octanol–water partition coefficient (Wildman–Crippen LogP) is 1.95. The van der Waals surface area contributed by atoms with E-state index in [9.17, 15) is 9.59 Å². The van der Waals surface area contributed by atoms with E-state index >= 15 is 0 Å². The Labute approximate surface area is 108 Å². The van der Waals surface area contributed by atoms with Crippen LogP contribution in [0.15, 0.2) is 0 Å². The lowest BCUT2D eigenvalue weighted by Gasteiger charge is -2.28. The van der Waals surface area contributed by atoms with E-state index < -0.39 is 17.4 Å². The summed E-state index contributed by atoms with van der Waals surface area (Å²) in [5.41, 5.74) is 4.75. The number of carbonyl (C=O) groups is 2. The van der Waals surface area contributed by atoms with Crippen molar-refractivity contribution in [2.24, 2.45) is 11.7 Å². The van der Waals surface area contributed by atoms with Crippen molar-refractivity contribution in [2.75, 3.05) is 0 Å². The Bertz CT molecular complexity index is 336. The van der Waals surface area contributed by atoms with Gasteiger partial charge in [0.1, 0.15) is 11.4 Å². The van der Waals surface area contributed by atoms with Gasteiger partial charge in [0, 0.05) is 12.3 Å². The number of alkyl carbamates (subject to hydrolysis) is 1. The van der Waals surface area contributed by atoms with Crippen LogP contribution in [0.3, 0.4) is 0 Å². The van der Waals surface area contributed by atoms with E-state index in [2.05, 4.69) is 5.32 Å². The summed E-state index contributed by atoms with van der Waals surface area (Å²) in [4.78, 5) is 23.3. The molecule has 1 saturated carbocycles. The molecule has 1 aliphatic carbocycles. The quantitative estimate of drug-likeness (QED) is 0.756. The number of hydrogen-bond donors (Lipinski definition) is 2. The Morgan fingerprint density at radius 3 is 2.56 bits per heavy atom. The van der Waals surface area contributed by atoms with Crippen molar-refractivity contribution in [1.29, 1.82) is 0 Å². The van der Waals surface area contributed by atoms with Crippen LogP contribution in [0.1, 0.15) is 53.4 Å². The van der Waals surface area contributed by atoms with Gasteiger partial charge in [0.25, 0.3) is 0 Å². The van der Waals surface area contributed by atoms with Crippen molar-refractivity contribution in [3.05, 3.63) is 0 Å². The number of rotatable bonds is 3. The Morgan fingerprint density at radius 2 is 2.06 bits per heavy atom. The Balaban J connectivity index is 2.52. The molecule has 0 aromatic carbocycles. The number of ketones is 1. The van der Waals surface area contributed by atoms with Gasteiger partial charge in [-0.2, -0.15) is 0 Å². The molecular weight excluding hydrogens is 232 g/mol. The molecule has 0 radical (unpaired) electrons. The van der Waals surface area contributed by atoms with Crippen LogP contribution >= 0.6 is 0 Å². The summed E-state index contributed by atoms with van der Waals surface area (Å²) in [6.45, 7) is 7.25. The second kappa shape index (κ2) is 5.26. The minimum Gasteiger partial charge on any atom is -0.444 e. The summed E-state index contributed by atoms with van der Waals surface area (Å²) in [7, 11) is 0. The highest BCUT2D eigenvalue weighted by atomic mass is 16.6. The summed E-state index contributed by atoms with van der Waals surface area (Å²) < 4.78 is 5.17. The molecule has 18 heavy (non-hydrogen) atoms. The third kappa shape index (κ3) is 4.29. The third-order valence-electron chi connectivity index (χ3n) is 3.10. The van der Waals surface area contributed by atoms with Crippen molar-refractivity contribution >= 4 is 11.9 Å². The lowest BCUT2D eigenvalue weighted by Crippen LogP contribution is -2.55. The van der Waals surface area contributed by atoms with Crippen LogP contribution in [-0.4, -0.2) is 23.1 Å². The van der Waals surface area contributed by atoms with Gasteiger partial charge in [-0.25, -0.2) is 4.79 Å². The molecule has 2 atom stereocenters. The van der Waals surface area contributed by atoms with E-state index in [1.54, 1.807) is 20.8 Å². The van der Waals surface area contributed by atoms with Gasteiger partial charge in [0.05, 0.1) is 5.66 Å². The fraction of sp³-hybridized carbons (Fsp3) is 0.846. The van der Waals surface area contributed by atoms with Gasteiger partial charge in [-0.05, 0) is 40.0 Å². The molecule has 0 bridgehead atoms. The molecule has 1 amide bonds. The number of Topliss-reactive ketones (excluding diaryl/α,β-unsaturated/α-hetero) is 1. The molecule has 0 aliphatic heterocycles. The molecule has 0 spiro atoms. The van der Waals surface area contributed by atoms with Crippen molar-refractivity contribution < 1.29 is 14.3 Å². The molecule has 5 heteroatoms. The molecule has 0 saturated heterocycles. The largest absolute Gasteiger partial charge is 0.444 e. The molecule has 1 rings (SSSR count). The van der Waals surface area contributed by atoms with Gasteiger partial charge in [-0.1, -0.05) is 6.92 Å². The van der Waals surface area contributed by atoms with Gasteiger partial charge in [-0.15, -0.1) is 0 Å². The Kier molecular flexibility index (Phi) is 4.37. The van der Waals surface area contributed by atoms with Crippen LogP contribution < -0.4 is 11.1 Å². The lowest BCUT2D eigenvalue weighted by molar-refractivity contribution is -0.122. The molecule has 0 unspecified atom stereocenters. The Morgan fingerprint density at radius 1 is 1.44 bits per heavy atom. The average Bonchev–Trinajstić information content (AvgIpc) is 2.56. The van der Waals surface area contributed by atoms with Gasteiger partial charge in [-0.3, -0.25) is 4.79 Å². The SMILES string of the molecule is CCC(=O)[C@H]1CC[C@@](N)(NC(=O)OC(C)(C)C)C1. The van der Waals surface area contributed by atoms with E-state index in [-0.39, 0.29) is 11.7 Å². The van der Waals surface area contributed by atoms with Crippen molar-refractivity contribution in [3.8, 4) is 0 Å². The fourth-order valence-corrected chi connectivity index (χ4v) is 2.26. The fourth-order valence-electron chi connectivity index (χ4n) is 2.26. The van der Waals surface area contributed by atoms with Crippen molar-refractivity contribution in [3.63, 3.8) is 0 Å². The van der Waals surface area contributed by atoms with Gasteiger partial charge < -0.3 is 15.8 Å². The summed E-state index contributed by atoms with van der Waals surface area (Å²) in [6.07, 6.45) is 1.85. The minimum atomic E-state index is -0.808. The van der Waals surface area contributed by atoms with Gasteiger partial charge in [0.15, 0.2) is 0 Å². The molecule has 1 fully saturated rings. The summed E-state index contributed by atoms with van der Waals surface area (Å²) in [5, 5.41) is 2.69. The van der Waals surface area contributed by atoms with Crippen LogP contribution in [0.25, 0.3) is 0 Å². The molecule has 1 aliphatic rings. The number of carbonyl (C=O) groups excluding carboxylic acids is 2. The first-order valence-corrected chi connectivity index (χ1v) is 6.48. The first-order valence-electron chi connectivity index (χ1n) is 6.48. The van der Waals surface area contributed by atoms with Crippen LogP contribution in [0.5, 0.6) is 0 Å². The highest BCUT2D eigenvalue weighted by molar-refractivity contribution is 5.81. The second-order valence-corrected chi connectivity index (χ2v) is 6.04. The molecule has 0 heterocycles. The predicted molar refractivity (Wildman–Crippen MR) is 68.9 cm³/mol. The number of hydrogen-bond acceptors (Lipinski definition) is 4. The zero-order valence-corrected chi connectivity index (χ0v) is 11.7. The molecular formula is C13H24N2O3. The first-order chi connectivity index (χ1) is 8.15. The lowest BCUT2D eigenvalue weighted by atomic mass is 9.99. The molecule has 0 aromatic heterocycles. The first kappa shape index (κ1) is 15.0. The van der Waals surface area contributed by atoms with E-state index in [1.165, 1.54) is 0 Å². The van der Waals surface area contributed by atoms with E-state index in [0.717, 1.165) is 6.42 Å². The monoisotopic (exact) mass is 256 g/mol. The number of nitrogens with one attached hydrogen (secondary N) is 1. The number of ether oxygens (including phenoxy) is 1. The van der Waals surface area contributed by atoms with Gasteiger partial charge >= 0.3 is 6.09 Å². The van der Waals surface area contributed by atoms with Crippen molar-refractivity contribution in [1.82, 2.24) is 5.32 Å². The second-order valence-electron chi connectivity index (χ2n) is 6.04. The molecule has 104 valence electrons. The maximum Gasteiger partial charge on any atom is 0.409 e. The topological polar surface area (TPSA) is 81.4 Å². The standard InChI is InChI=1S/C13H24N2O3/c1-5-10(16)9-6-7-13(14,8-9)15-11(17)18-12(2,3)4/h9H,5-8,14H2,1-4H3,(H,15,17)/t9-,13+/m0/s1. The average molecular weight is 256 g/mol. The smallest absolute Gasteiger partial charge is 0.409 e. The summed E-state index contributed by atoms with van der Waals surface area (Å²) in [5.74, 6) is 0.184. The molecule has 3 N–H and O–H groups in total. The highest BCUT2D eigenvalue weighted by Gasteiger charge is 2.40. The maximum atomic E-state index is 11.7. The van der Waals surface area contributed by atoms with Crippen LogP contribution in [0, 0.1) is 5.92 Å². The third-order valence-corrected chi connectivity index (χ3v) is 3.10. The molecule has 0 aromatic rings. The molecule has 5 nitrogen and oxygen atoms in total. The Hall–Kier alpha value is -1.10. The van der Waals surface area contributed by atoms with E-state index in [1.807, 2.05) is 6.92 Å². The van der Waals surface area contributed by atoms with Crippen molar-refractivity contribution in [2.45, 2.75) is 64.6 Å². The van der Waals surface area contributed by atoms with Crippen LogP contribution in [-0.2, 0) is 9.53 Å². The maximum absolute atomic E-state index is 11.7. The van der Waals surface area contributed by atoms with Crippen LogP contribution in [0.2, 0.25) is 0 Å².